The first-order valence-corrected chi connectivity index (χ1v) is 10.4. The second kappa shape index (κ2) is 12.4. The predicted molar refractivity (Wildman–Crippen MR) is 101 cm³/mol. The van der Waals surface area contributed by atoms with Crippen molar-refractivity contribution in [2.45, 2.75) is 118 Å². The van der Waals surface area contributed by atoms with Crippen molar-refractivity contribution < 1.29 is 2.74 Å². The van der Waals surface area contributed by atoms with Crippen LogP contribution in [0.1, 0.15) is 120 Å². The van der Waals surface area contributed by atoms with E-state index in [9.17, 15) is 0 Å². The van der Waals surface area contributed by atoms with Crippen molar-refractivity contribution in [2.24, 2.45) is 23.6 Å². The SMILES string of the molecule is [2H]C1(CC(CC)CCCC)CCC([2H])(CC(CC)CCCC)CC1. The Kier molecular flexibility index (Phi) is 9.51. The van der Waals surface area contributed by atoms with E-state index in [-0.39, 0.29) is 11.8 Å². The van der Waals surface area contributed by atoms with Gasteiger partial charge in [0.05, 0.1) is 0 Å². The molecule has 0 heteroatoms. The molecule has 2 atom stereocenters. The Hall–Kier alpha value is 0. The quantitative estimate of drug-likeness (QED) is 0.342. The summed E-state index contributed by atoms with van der Waals surface area (Å²) < 4.78 is 17.8. The summed E-state index contributed by atoms with van der Waals surface area (Å²) in [6.07, 6.45) is 16.2. The summed E-state index contributed by atoms with van der Waals surface area (Å²) in [6, 6.07) is 0. The summed E-state index contributed by atoms with van der Waals surface area (Å²) in [6.45, 7) is 9.11. The van der Waals surface area contributed by atoms with Gasteiger partial charge in [-0.1, -0.05) is 105 Å². The number of hydrogen-bond acceptors (Lipinski definition) is 0. The van der Waals surface area contributed by atoms with Gasteiger partial charge in [0.2, 0.25) is 0 Å². The summed E-state index contributed by atoms with van der Waals surface area (Å²) in [5.41, 5.74) is 0. The molecule has 132 valence electrons. The summed E-state index contributed by atoms with van der Waals surface area (Å²) >= 11 is 0. The van der Waals surface area contributed by atoms with Gasteiger partial charge in [0.1, 0.15) is 0 Å². The van der Waals surface area contributed by atoms with Crippen molar-refractivity contribution in [2.75, 3.05) is 0 Å². The van der Waals surface area contributed by atoms with Crippen molar-refractivity contribution >= 4 is 0 Å². The zero-order valence-electron chi connectivity index (χ0n) is 18.1. The lowest BCUT2D eigenvalue weighted by Gasteiger charge is -2.32. The molecule has 0 spiro atoms. The average molecular weight is 311 g/mol. The number of unbranched alkanes of at least 4 members (excludes halogenated alkanes) is 2. The Balaban J connectivity index is 2.50. The van der Waals surface area contributed by atoms with Crippen LogP contribution in [0.15, 0.2) is 0 Å². The van der Waals surface area contributed by atoms with E-state index in [1.165, 1.54) is 51.4 Å². The first kappa shape index (κ1) is 16.8. The van der Waals surface area contributed by atoms with Gasteiger partial charge in [0, 0.05) is 2.74 Å². The van der Waals surface area contributed by atoms with Crippen molar-refractivity contribution in [3.05, 3.63) is 0 Å². The lowest BCUT2D eigenvalue weighted by molar-refractivity contribution is 0.198. The third-order valence-electron chi connectivity index (χ3n) is 5.91. The fourth-order valence-corrected chi connectivity index (χ4v) is 4.07. The smallest absolute Gasteiger partial charge is 0.0303 e. The van der Waals surface area contributed by atoms with Gasteiger partial charge in [-0.25, -0.2) is 0 Å². The van der Waals surface area contributed by atoms with E-state index in [1.807, 2.05) is 0 Å². The van der Waals surface area contributed by atoms with Gasteiger partial charge < -0.3 is 0 Å². The molecular weight excluding hydrogens is 264 g/mol. The van der Waals surface area contributed by atoms with Crippen LogP contribution in [-0.4, -0.2) is 0 Å². The minimum atomic E-state index is -0.232. The Morgan fingerprint density at radius 3 is 1.36 bits per heavy atom. The van der Waals surface area contributed by atoms with E-state index in [0.29, 0.717) is 0 Å². The molecule has 0 aromatic heterocycles. The topological polar surface area (TPSA) is 0 Å². The molecule has 0 nitrogen and oxygen atoms in total. The molecule has 0 aromatic rings. The molecular formula is C22H44. The molecule has 0 N–H and O–H groups in total. The van der Waals surface area contributed by atoms with Crippen molar-refractivity contribution in [1.29, 1.82) is 0 Å². The maximum atomic E-state index is 8.92. The fourth-order valence-electron chi connectivity index (χ4n) is 4.07. The van der Waals surface area contributed by atoms with E-state index in [0.717, 1.165) is 50.4 Å². The van der Waals surface area contributed by atoms with Gasteiger partial charge in [-0.2, -0.15) is 0 Å². The highest BCUT2D eigenvalue weighted by Gasteiger charge is 2.24. The monoisotopic (exact) mass is 310 g/mol. The molecule has 1 aliphatic rings. The van der Waals surface area contributed by atoms with Crippen LogP contribution in [0, 0.1) is 23.6 Å². The van der Waals surface area contributed by atoms with Gasteiger partial charge in [-0.3, -0.25) is 0 Å². The van der Waals surface area contributed by atoms with Crippen molar-refractivity contribution in [1.82, 2.24) is 0 Å². The molecule has 1 rings (SSSR count). The third kappa shape index (κ3) is 8.02. The van der Waals surface area contributed by atoms with E-state index in [2.05, 4.69) is 27.7 Å². The van der Waals surface area contributed by atoms with E-state index >= 15 is 0 Å². The summed E-state index contributed by atoms with van der Waals surface area (Å²) in [7, 11) is 0. The highest BCUT2D eigenvalue weighted by atomic mass is 14.3. The average Bonchev–Trinajstić information content (AvgIpc) is 2.58. The molecule has 0 heterocycles. The van der Waals surface area contributed by atoms with Gasteiger partial charge >= 0.3 is 0 Å². The minimum absolute atomic E-state index is 0.232. The molecule has 0 bridgehead atoms. The molecule has 1 aliphatic carbocycles. The van der Waals surface area contributed by atoms with Crippen LogP contribution in [0.2, 0.25) is 0 Å². The van der Waals surface area contributed by atoms with Gasteiger partial charge in [0.15, 0.2) is 0 Å². The van der Waals surface area contributed by atoms with Crippen LogP contribution < -0.4 is 0 Å². The lowest BCUT2D eigenvalue weighted by atomic mass is 9.73. The first-order chi connectivity index (χ1) is 11.4. The van der Waals surface area contributed by atoms with Gasteiger partial charge in [0.25, 0.3) is 0 Å². The first-order valence-electron chi connectivity index (χ1n) is 11.4. The molecule has 2 unspecified atom stereocenters. The normalized spacial score (nSPS) is 33.1. The maximum Gasteiger partial charge on any atom is 0.0303 e. The van der Waals surface area contributed by atoms with E-state index < -0.39 is 0 Å². The molecule has 22 heavy (non-hydrogen) atoms. The number of rotatable bonds is 12. The van der Waals surface area contributed by atoms with Crippen LogP contribution in [0.5, 0.6) is 0 Å². The third-order valence-corrected chi connectivity index (χ3v) is 5.91. The van der Waals surface area contributed by atoms with E-state index in [1.54, 1.807) is 0 Å². The Labute approximate surface area is 144 Å². The highest BCUT2D eigenvalue weighted by Crippen LogP contribution is 2.38. The maximum absolute atomic E-state index is 8.92. The van der Waals surface area contributed by atoms with Crippen LogP contribution in [-0.2, 0) is 0 Å². The second-order valence-electron chi connectivity index (χ2n) is 7.74. The molecule has 0 saturated heterocycles. The highest BCUT2D eigenvalue weighted by molar-refractivity contribution is 4.76. The van der Waals surface area contributed by atoms with E-state index in [4.69, 9.17) is 2.74 Å². The van der Waals surface area contributed by atoms with Crippen molar-refractivity contribution in [3.8, 4) is 0 Å². The summed E-state index contributed by atoms with van der Waals surface area (Å²) in [5.74, 6) is 0.996. The second-order valence-corrected chi connectivity index (χ2v) is 7.74. The van der Waals surface area contributed by atoms with Crippen LogP contribution in [0.25, 0.3) is 0 Å². The zero-order valence-corrected chi connectivity index (χ0v) is 16.1. The van der Waals surface area contributed by atoms with Crippen molar-refractivity contribution in [3.63, 3.8) is 0 Å². The molecule has 0 aliphatic heterocycles. The standard InChI is InChI=1S/C22H44/c1-5-9-11-19(7-3)17-21-13-15-22(16-14-21)18-20(8-4)12-10-6-2/h19-22H,5-18H2,1-4H3/i21D,22D. The Morgan fingerprint density at radius 2 is 1.09 bits per heavy atom. The van der Waals surface area contributed by atoms with Gasteiger partial charge in [-0.15, -0.1) is 0 Å². The number of hydrogen-bond donors (Lipinski definition) is 0. The Morgan fingerprint density at radius 1 is 0.727 bits per heavy atom. The zero-order chi connectivity index (χ0) is 18.1. The molecule has 1 fully saturated rings. The fraction of sp³-hybridized carbons (Fsp3) is 1.00. The van der Waals surface area contributed by atoms with Crippen LogP contribution >= 0.6 is 0 Å². The lowest BCUT2D eigenvalue weighted by Crippen LogP contribution is -2.19. The molecule has 1 saturated carbocycles. The summed E-state index contributed by atoms with van der Waals surface area (Å²) in [4.78, 5) is 0. The summed E-state index contributed by atoms with van der Waals surface area (Å²) in [5, 5.41) is 0. The minimum Gasteiger partial charge on any atom is -0.0654 e. The van der Waals surface area contributed by atoms with Gasteiger partial charge in [-0.05, 0) is 36.5 Å². The molecule has 0 aromatic carbocycles. The van der Waals surface area contributed by atoms with Crippen LogP contribution in [0.3, 0.4) is 0 Å². The Bertz CT molecular complexity index is 286. The molecule has 0 radical (unpaired) electrons. The largest absolute Gasteiger partial charge is 0.0654 e. The predicted octanol–water partition coefficient (Wildman–Crippen LogP) is 8.01. The van der Waals surface area contributed by atoms with Crippen LogP contribution in [0.4, 0.5) is 0 Å². The molecule has 0 amide bonds.